The number of rotatable bonds is 12. The van der Waals surface area contributed by atoms with Crippen molar-refractivity contribution in [1.29, 1.82) is 5.26 Å². The average Bonchev–Trinajstić information content (AvgIpc) is 3.62. The lowest BCUT2D eigenvalue weighted by Gasteiger charge is -2.34. The van der Waals surface area contributed by atoms with Crippen LogP contribution in [-0.2, 0) is 11.3 Å². The molecule has 11 nitrogen and oxygen atoms in total. The summed E-state index contributed by atoms with van der Waals surface area (Å²) in [5.74, 6) is -0.733. The topological polar surface area (TPSA) is 121 Å². The third-order valence-electron chi connectivity index (χ3n) is 7.26. The molecule has 1 fully saturated rings. The predicted molar refractivity (Wildman–Crippen MR) is 166 cm³/mol. The van der Waals surface area contributed by atoms with Crippen LogP contribution in [0.2, 0.25) is 0 Å². The van der Waals surface area contributed by atoms with E-state index in [1.54, 1.807) is 45.9 Å². The van der Waals surface area contributed by atoms with E-state index in [1.807, 2.05) is 13.8 Å². The maximum Gasteiger partial charge on any atom is 0.387 e. The number of hydrogen-bond donors (Lipinski definition) is 1. The smallest absolute Gasteiger partial charge is 0.387 e. The van der Waals surface area contributed by atoms with Gasteiger partial charge in [0.05, 0.1) is 29.0 Å². The monoisotopic (exact) mass is 636 g/mol. The Kier molecular flexibility index (Phi) is 10.3. The highest BCUT2D eigenvalue weighted by molar-refractivity contribution is 7.99. The van der Waals surface area contributed by atoms with E-state index in [4.69, 9.17) is 10.00 Å². The summed E-state index contributed by atoms with van der Waals surface area (Å²) in [6.45, 7) is 4.15. The summed E-state index contributed by atoms with van der Waals surface area (Å²) in [5.41, 5.74) is 1.58. The average molecular weight is 637 g/mol. The molecule has 2 amide bonds. The number of halogens is 2. The predicted octanol–water partition coefficient (Wildman–Crippen LogP) is 5.00. The number of fused-ring (bicyclic) bond motifs is 1. The Morgan fingerprint density at radius 1 is 1.16 bits per heavy atom. The third-order valence-corrected chi connectivity index (χ3v) is 8.26. The highest BCUT2D eigenvalue weighted by atomic mass is 32.2. The number of ether oxygens (including phenoxy) is 1. The van der Waals surface area contributed by atoms with Crippen LogP contribution in [0.15, 0.2) is 59.9 Å². The molecule has 0 aliphatic carbocycles. The maximum absolute atomic E-state index is 13.5. The van der Waals surface area contributed by atoms with Gasteiger partial charge in [-0.2, -0.15) is 24.2 Å². The molecule has 1 aromatic carbocycles. The van der Waals surface area contributed by atoms with Gasteiger partial charge in [0.2, 0.25) is 5.91 Å². The van der Waals surface area contributed by atoms with Crippen LogP contribution in [0.5, 0.6) is 5.75 Å². The lowest BCUT2D eigenvalue weighted by molar-refractivity contribution is -0.133. The summed E-state index contributed by atoms with van der Waals surface area (Å²) in [7, 11) is 0. The van der Waals surface area contributed by atoms with Crippen LogP contribution < -0.4 is 10.1 Å². The molecular formula is C31H34F2N8O3S. The summed E-state index contributed by atoms with van der Waals surface area (Å²) >= 11 is 1.54. The number of aromatic nitrogens is 4. The number of nitrogens with one attached hydrogen (secondary N) is 1. The number of nitrogens with zero attached hydrogens (tertiary/aromatic N) is 7. The normalized spacial score (nSPS) is 13.8. The molecule has 0 radical (unpaired) electrons. The minimum atomic E-state index is -3.08. The molecule has 4 heterocycles. The molecule has 0 saturated carbocycles. The Labute approximate surface area is 263 Å². The number of nitriles is 1. The van der Waals surface area contributed by atoms with Gasteiger partial charge in [0.15, 0.2) is 0 Å². The van der Waals surface area contributed by atoms with Crippen LogP contribution in [0.25, 0.3) is 16.8 Å². The van der Waals surface area contributed by atoms with Crippen molar-refractivity contribution < 1.29 is 23.1 Å². The highest BCUT2D eigenvalue weighted by Crippen LogP contribution is 2.39. The summed E-state index contributed by atoms with van der Waals surface area (Å²) in [5, 5.41) is 20.7. The second-order valence-electron chi connectivity index (χ2n) is 10.8. The van der Waals surface area contributed by atoms with Gasteiger partial charge in [0.1, 0.15) is 18.0 Å². The standard InChI is InChI=1S/C31H34F2N8O3S/c1-21(2)45-22-8-9-27(44-31(32)33)23(17-22)29-25(36-30(43)24-18-35-41-12-5-3-7-26(24)41)19-40(37-29)20-28(42)39-15-13-38(14-16-39)11-6-4-10-34/h3,5,7-9,12,17-19,21,31H,4,6,11,13-16,20H2,1-2H3,(H,36,43). The Hall–Kier alpha value is -4.48. The van der Waals surface area contributed by atoms with Crippen LogP contribution in [0, 0.1) is 11.3 Å². The molecule has 1 N–H and O–H groups in total. The lowest BCUT2D eigenvalue weighted by atomic mass is 10.1. The first kappa shape index (κ1) is 31.9. The molecule has 0 bridgehead atoms. The Morgan fingerprint density at radius 3 is 2.69 bits per heavy atom. The van der Waals surface area contributed by atoms with Gasteiger partial charge >= 0.3 is 6.61 Å². The largest absolute Gasteiger partial charge is 0.434 e. The molecular weight excluding hydrogens is 602 g/mol. The van der Waals surface area contributed by atoms with Crippen LogP contribution in [0.3, 0.4) is 0 Å². The van der Waals surface area contributed by atoms with E-state index in [2.05, 4.69) is 26.5 Å². The number of carbonyl (C=O) groups excluding carboxylic acids is 2. The molecule has 5 rings (SSSR count). The molecule has 45 heavy (non-hydrogen) atoms. The quantitative estimate of drug-likeness (QED) is 0.170. The fourth-order valence-corrected chi connectivity index (χ4v) is 6.05. The number of thioether (sulfide) groups is 1. The maximum atomic E-state index is 13.5. The molecule has 3 aromatic heterocycles. The van der Waals surface area contributed by atoms with Crippen molar-refractivity contribution >= 4 is 34.8 Å². The molecule has 1 aliphatic heterocycles. The van der Waals surface area contributed by atoms with Crippen molar-refractivity contribution in [2.24, 2.45) is 0 Å². The third kappa shape index (κ3) is 7.98. The van der Waals surface area contributed by atoms with Gasteiger partial charge in [0, 0.05) is 60.7 Å². The molecule has 1 saturated heterocycles. The van der Waals surface area contributed by atoms with E-state index in [-0.39, 0.29) is 40.4 Å². The van der Waals surface area contributed by atoms with E-state index in [1.165, 1.54) is 34.9 Å². The number of unbranched alkanes of at least 4 members (excludes halogenated alkanes) is 1. The molecule has 0 spiro atoms. The van der Waals surface area contributed by atoms with Crippen molar-refractivity contribution in [2.45, 2.75) is 50.0 Å². The number of anilines is 1. The minimum Gasteiger partial charge on any atom is -0.434 e. The zero-order chi connectivity index (χ0) is 31.9. The fourth-order valence-electron chi connectivity index (χ4n) is 5.17. The van der Waals surface area contributed by atoms with E-state index >= 15 is 0 Å². The second-order valence-corrected chi connectivity index (χ2v) is 12.5. The first-order chi connectivity index (χ1) is 21.7. The molecule has 14 heteroatoms. The summed E-state index contributed by atoms with van der Waals surface area (Å²) in [4.78, 5) is 31.6. The molecule has 1 aliphatic rings. The number of carbonyl (C=O) groups is 2. The first-order valence-electron chi connectivity index (χ1n) is 14.7. The Balaban J connectivity index is 1.44. The molecule has 236 valence electrons. The first-order valence-corrected chi connectivity index (χ1v) is 15.5. The Morgan fingerprint density at radius 2 is 1.96 bits per heavy atom. The van der Waals surface area contributed by atoms with Gasteiger partial charge in [-0.15, -0.1) is 11.8 Å². The number of piperazine rings is 1. The SMILES string of the molecule is CC(C)Sc1ccc(OC(F)F)c(-c2nn(CC(=O)N3CCN(CCCC#N)CC3)cc2NC(=O)c2cnn3ccccc23)c1. The van der Waals surface area contributed by atoms with Crippen molar-refractivity contribution in [3.8, 4) is 23.1 Å². The number of benzene rings is 1. The van der Waals surface area contributed by atoms with E-state index in [0.717, 1.165) is 17.9 Å². The molecule has 4 aromatic rings. The highest BCUT2D eigenvalue weighted by Gasteiger charge is 2.25. The van der Waals surface area contributed by atoms with Crippen molar-refractivity contribution in [2.75, 3.05) is 38.0 Å². The van der Waals surface area contributed by atoms with Gasteiger partial charge < -0.3 is 15.0 Å². The number of alkyl halides is 2. The van der Waals surface area contributed by atoms with Gasteiger partial charge in [0.25, 0.3) is 5.91 Å². The second kappa shape index (κ2) is 14.5. The lowest BCUT2D eigenvalue weighted by Crippen LogP contribution is -2.49. The van der Waals surface area contributed by atoms with Crippen molar-refractivity contribution in [1.82, 2.24) is 29.2 Å². The van der Waals surface area contributed by atoms with Crippen LogP contribution in [-0.4, -0.2) is 85.6 Å². The van der Waals surface area contributed by atoms with Crippen molar-refractivity contribution in [3.05, 3.63) is 60.6 Å². The van der Waals surface area contributed by atoms with E-state index in [9.17, 15) is 18.4 Å². The van der Waals surface area contributed by atoms with Crippen LogP contribution >= 0.6 is 11.8 Å². The minimum absolute atomic E-state index is 0.103. The summed E-state index contributed by atoms with van der Waals surface area (Å²) < 4.78 is 34.8. The van der Waals surface area contributed by atoms with Gasteiger partial charge in [-0.1, -0.05) is 19.9 Å². The number of pyridine rings is 1. The van der Waals surface area contributed by atoms with E-state index in [0.29, 0.717) is 43.7 Å². The fraction of sp³-hybridized carbons (Fsp3) is 0.387. The zero-order valence-corrected chi connectivity index (χ0v) is 25.8. The number of hydrogen-bond acceptors (Lipinski definition) is 8. The zero-order valence-electron chi connectivity index (χ0n) is 25.0. The van der Waals surface area contributed by atoms with Gasteiger partial charge in [-0.25, -0.2) is 4.52 Å². The molecule has 0 atom stereocenters. The van der Waals surface area contributed by atoms with Crippen LogP contribution in [0.4, 0.5) is 14.5 Å². The van der Waals surface area contributed by atoms with E-state index < -0.39 is 12.5 Å². The van der Waals surface area contributed by atoms with Crippen LogP contribution in [0.1, 0.15) is 37.0 Å². The number of amides is 2. The summed E-state index contributed by atoms with van der Waals surface area (Å²) in [6, 6.07) is 12.4. The van der Waals surface area contributed by atoms with Crippen molar-refractivity contribution in [3.63, 3.8) is 0 Å². The Bertz CT molecular complexity index is 1690. The van der Waals surface area contributed by atoms with Gasteiger partial charge in [-0.3, -0.25) is 19.2 Å². The van der Waals surface area contributed by atoms with Gasteiger partial charge in [-0.05, 0) is 43.3 Å². The summed E-state index contributed by atoms with van der Waals surface area (Å²) in [6.07, 6.45) is 5.99. The molecule has 0 unspecified atom stereocenters.